The molecule has 0 N–H and O–H groups in total. The van der Waals surface area contributed by atoms with E-state index in [9.17, 15) is 4.79 Å². The van der Waals surface area contributed by atoms with E-state index in [1.54, 1.807) is 0 Å². The normalized spacial score (nSPS) is 22.7. The number of hydrogen-bond acceptors (Lipinski definition) is 5. The number of likely N-dealkylation sites (tertiary alicyclic amines) is 1. The number of hydrogen-bond donors (Lipinski definition) is 0. The second-order valence-electron chi connectivity index (χ2n) is 8.38. The Kier molecular flexibility index (Phi) is 6.14. The first-order valence-electron chi connectivity index (χ1n) is 11.1. The Morgan fingerprint density at radius 1 is 1.18 bits per heavy atom. The Hall–Kier alpha value is -1.69. The summed E-state index contributed by atoms with van der Waals surface area (Å²) in [6, 6.07) is 0. The summed E-state index contributed by atoms with van der Waals surface area (Å²) >= 11 is 0. The molecule has 1 aliphatic carbocycles. The van der Waals surface area contributed by atoms with Gasteiger partial charge >= 0.3 is 0 Å². The van der Waals surface area contributed by atoms with Crippen molar-refractivity contribution in [2.45, 2.75) is 77.2 Å². The van der Waals surface area contributed by atoms with Gasteiger partial charge in [-0.2, -0.15) is 4.98 Å². The van der Waals surface area contributed by atoms with Crippen LogP contribution in [0.4, 0.5) is 0 Å². The van der Waals surface area contributed by atoms with E-state index in [-0.39, 0.29) is 17.9 Å². The Labute approximate surface area is 168 Å². The quantitative estimate of drug-likeness (QED) is 0.749. The molecule has 1 saturated heterocycles. The molecule has 2 aliphatic heterocycles. The van der Waals surface area contributed by atoms with Gasteiger partial charge in [-0.15, -0.1) is 0 Å². The molecular formula is C22H33N3O3. The molecule has 3 aliphatic rings. The standard InChI is InChI=1S/C22H33N3O3/c1-3-15(4-2)22(26)25-11-5-6-17(14-25)28-21-18-9-12-27-13-10-19(18)23-20(24-21)16-7-8-16/h15-17H,3-14H2,1-2H3. The van der Waals surface area contributed by atoms with Gasteiger partial charge in [-0.3, -0.25) is 4.79 Å². The third kappa shape index (κ3) is 4.32. The maximum atomic E-state index is 12.8. The van der Waals surface area contributed by atoms with Crippen molar-refractivity contribution in [3.05, 3.63) is 17.1 Å². The van der Waals surface area contributed by atoms with Crippen LogP contribution >= 0.6 is 0 Å². The fourth-order valence-corrected chi connectivity index (χ4v) is 4.34. The fourth-order valence-electron chi connectivity index (χ4n) is 4.34. The number of rotatable bonds is 6. The van der Waals surface area contributed by atoms with Crippen LogP contribution in [-0.2, 0) is 22.4 Å². The molecular weight excluding hydrogens is 354 g/mol. The molecule has 0 bridgehead atoms. The largest absolute Gasteiger partial charge is 0.472 e. The van der Waals surface area contributed by atoms with Crippen LogP contribution in [0, 0.1) is 5.92 Å². The van der Waals surface area contributed by atoms with Crippen LogP contribution in [0.15, 0.2) is 0 Å². The van der Waals surface area contributed by atoms with Crippen LogP contribution in [0.3, 0.4) is 0 Å². The second kappa shape index (κ2) is 8.76. The van der Waals surface area contributed by atoms with Crippen molar-refractivity contribution in [1.82, 2.24) is 14.9 Å². The van der Waals surface area contributed by atoms with Crippen molar-refractivity contribution in [3.8, 4) is 5.88 Å². The van der Waals surface area contributed by atoms with E-state index in [1.165, 1.54) is 12.8 Å². The maximum absolute atomic E-state index is 12.8. The highest BCUT2D eigenvalue weighted by atomic mass is 16.5. The van der Waals surface area contributed by atoms with Gasteiger partial charge in [0.25, 0.3) is 0 Å². The van der Waals surface area contributed by atoms with Gasteiger partial charge in [0.1, 0.15) is 11.9 Å². The number of ether oxygens (including phenoxy) is 2. The van der Waals surface area contributed by atoms with Crippen LogP contribution in [0.1, 0.15) is 75.4 Å². The van der Waals surface area contributed by atoms with Crippen molar-refractivity contribution in [3.63, 3.8) is 0 Å². The summed E-state index contributed by atoms with van der Waals surface area (Å²) in [5.41, 5.74) is 2.22. The highest BCUT2D eigenvalue weighted by Crippen LogP contribution is 2.40. The Balaban J connectivity index is 1.51. The zero-order chi connectivity index (χ0) is 19.5. The minimum Gasteiger partial charge on any atom is -0.472 e. The zero-order valence-electron chi connectivity index (χ0n) is 17.3. The van der Waals surface area contributed by atoms with Crippen LogP contribution in [0.5, 0.6) is 5.88 Å². The lowest BCUT2D eigenvalue weighted by Crippen LogP contribution is -2.46. The number of amides is 1. The van der Waals surface area contributed by atoms with Gasteiger partial charge in [0.05, 0.1) is 25.5 Å². The Morgan fingerprint density at radius 2 is 1.96 bits per heavy atom. The van der Waals surface area contributed by atoms with E-state index in [1.807, 2.05) is 4.90 Å². The summed E-state index contributed by atoms with van der Waals surface area (Å²) in [5, 5.41) is 0. The number of piperidine rings is 1. The number of carbonyl (C=O) groups is 1. The number of nitrogens with zero attached hydrogens (tertiary/aromatic N) is 3. The molecule has 1 amide bonds. The topological polar surface area (TPSA) is 64.6 Å². The molecule has 28 heavy (non-hydrogen) atoms. The van der Waals surface area contributed by atoms with Gasteiger partial charge in [-0.1, -0.05) is 13.8 Å². The summed E-state index contributed by atoms with van der Waals surface area (Å²) in [6.45, 7) is 7.12. The molecule has 154 valence electrons. The number of carbonyl (C=O) groups excluding carboxylic acids is 1. The van der Waals surface area contributed by atoms with Gasteiger partial charge < -0.3 is 14.4 Å². The molecule has 1 saturated carbocycles. The molecule has 6 nitrogen and oxygen atoms in total. The van der Waals surface area contributed by atoms with Gasteiger partial charge in [0, 0.05) is 36.8 Å². The summed E-state index contributed by atoms with van der Waals surface area (Å²) in [6.07, 6.45) is 7.77. The highest BCUT2D eigenvalue weighted by molar-refractivity contribution is 5.78. The zero-order valence-corrected chi connectivity index (χ0v) is 17.3. The predicted molar refractivity (Wildman–Crippen MR) is 107 cm³/mol. The Morgan fingerprint density at radius 3 is 2.71 bits per heavy atom. The van der Waals surface area contributed by atoms with E-state index in [0.717, 1.165) is 68.0 Å². The summed E-state index contributed by atoms with van der Waals surface area (Å²) in [5.74, 6) is 2.60. The average molecular weight is 388 g/mol. The maximum Gasteiger partial charge on any atom is 0.225 e. The van der Waals surface area contributed by atoms with Gasteiger partial charge in [-0.25, -0.2) is 4.98 Å². The molecule has 1 unspecified atom stereocenters. The first kappa shape index (κ1) is 19.6. The molecule has 2 fully saturated rings. The molecule has 4 rings (SSSR count). The smallest absolute Gasteiger partial charge is 0.225 e. The van der Waals surface area contributed by atoms with Crippen LogP contribution in [0.25, 0.3) is 0 Å². The molecule has 0 radical (unpaired) electrons. The first-order valence-corrected chi connectivity index (χ1v) is 11.1. The van der Waals surface area contributed by atoms with E-state index >= 15 is 0 Å². The van der Waals surface area contributed by atoms with E-state index < -0.39 is 0 Å². The lowest BCUT2D eigenvalue weighted by Gasteiger charge is -2.35. The Bertz CT molecular complexity index is 701. The molecule has 1 aromatic heterocycles. The van der Waals surface area contributed by atoms with Gasteiger partial charge in [-0.05, 0) is 38.5 Å². The van der Waals surface area contributed by atoms with Gasteiger partial charge in [0.2, 0.25) is 11.8 Å². The molecule has 3 heterocycles. The predicted octanol–water partition coefficient (Wildman–Crippen LogP) is 3.28. The molecule has 0 spiro atoms. The second-order valence-corrected chi connectivity index (χ2v) is 8.38. The van der Waals surface area contributed by atoms with Crippen molar-refractivity contribution < 1.29 is 14.3 Å². The van der Waals surface area contributed by atoms with Crippen LogP contribution < -0.4 is 4.74 Å². The minimum absolute atomic E-state index is 0.0160. The highest BCUT2D eigenvalue weighted by Gasteiger charge is 2.32. The molecule has 6 heteroatoms. The van der Waals surface area contributed by atoms with Crippen molar-refractivity contribution in [2.75, 3.05) is 26.3 Å². The monoisotopic (exact) mass is 387 g/mol. The van der Waals surface area contributed by atoms with E-state index in [2.05, 4.69) is 13.8 Å². The molecule has 1 aromatic rings. The minimum atomic E-state index is 0.0160. The van der Waals surface area contributed by atoms with Crippen molar-refractivity contribution in [1.29, 1.82) is 0 Å². The van der Waals surface area contributed by atoms with Crippen molar-refractivity contribution in [2.24, 2.45) is 5.92 Å². The fraction of sp³-hybridized carbons (Fsp3) is 0.773. The van der Waals surface area contributed by atoms with E-state index in [0.29, 0.717) is 25.7 Å². The third-order valence-corrected chi connectivity index (χ3v) is 6.30. The summed E-state index contributed by atoms with van der Waals surface area (Å²) < 4.78 is 12.1. The number of aromatic nitrogens is 2. The first-order chi connectivity index (χ1) is 13.7. The lowest BCUT2D eigenvalue weighted by atomic mass is 9.99. The number of fused-ring (bicyclic) bond motifs is 1. The van der Waals surface area contributed by atoms with E-state index in [4.69, 9.17) is 19.4 Å². The molecule has 1 atom stereocenters. The van der Waals surface area contributed by atoms with Crippen LogP contribution in [0.2, 0.25) is 0 Å². The molecule has 0 aromatic carbocycles. The summed E-state index contributed by atoms with van der Waals surface area (Å²) in [7, 11) is 0. The summed E-state index contributed by atoms with van der Waals surface area (Å²) in [4.78, 5) is 24.5. The third-order valence-electron chi connectivity index (χ3n) is 6.30. The van der Waals surface area contributed by atoms with Crippen molar-refractivity contribution >= 4 is 5.91 Å². The van der Waals surface area contributed by atoms with Gasteiger partial charge in [0.15, 0.2) is 0 Å². The average Bonchev–Trinajstić information content (AvgIpc) is 3.56. The lowest BCUT2D eigenvalue weighted by molar-refractivity contribution is -0.138. The van der Waals surface area contributed by atoms with Crippen LogP contribution in [-0.4, -0.2) is 53.2 Å². The SMILES string of the molecule is CCC(CC)C(=O)N1CCCC(Oc2nc(C3CC3)nc3c2CCOCC3)C1.